The van der Waals surface area contributed by atoms with Crippen molar-refractivity contribution in [2.75, 3.05) is 20.3 Å². The van der Waals surface area contributed by atoms with Gasteiger partial charge in [0.15, 0.2) is 5.92 Å². The molecule has 0 aliphatic rings. The number of carbonyl (C=O) groups excluding carboxylic acids is 3. The van der Waals surface area contributed by atoms with Crippen LogP contribution in [0.15, 0.2) is 30.6 Å². The molecular formula is C17H19N3O6. The average Bonchev–Trinajstić information content (AvgIpc) is 3.07. The minimum atomic E-state index is -1.39. The van der Waals surface area contributed by atoms with Crippen molar-refractivity contribution in [1.29, 1.82) is 0 Å². The summed E-state index contributed by atoms with van der Waals surface area (Å²) in [6, 6.07) is 4.46. The van der Waals surface area contributed by atoms with Crippen LogP contribution in [-0.2, 0) is 23.8 Å². The summed E-state index contributed by atoms with van der Waals surface area (Å²) in [5.41, 5.74) is 0.209. The van der Waals surface area contributed by atoms with Gasteiger partial charge in [0.05, 0.1) is 26.0 Å². The second-order valence-corrected chi connectivity index (χ2v) is 4.96. The van der Waals surface area contributed by atoms with E-state index in [4.69, 9.17) is 14.2 Å². The Bertz CT molecular complexity index is 769. The van der Waals surface area contributed by atoms with E-state index >= 15 is 0 Å². The number of carbonyl (C=O) groups is 3. The molecule has 0 aromatic carbocycles. The zero-order valence-electron chi connectivity index (χ0n) is 14.7. The molecule has 0 aliphatic carbocycles. The van der Waals surface area contributed by atoms with Crippen LogP contribution in [0.2, 0.25) is 0 Å². The van der Waals surface area contributed by atoms with Gasteiger partial charge < -0.3 is 14.2 Å². The van der Waals surface area contributed by atoms with Crippen LogP contribution in [0.1, 0.15) is 35.9 Å². The van der Waals surface area contributed by atoms with Crippen molar-refractivity contribution in [3.05, 3.63) is 42.0 Å². The Morgan fingerprint density at radius 3 is 2.12 bits per heavy atom. The lowest BCUT2D eigenvalue weighted by Crippen LogP contribution is -2.29. The second kappa shape index (κ2) is 8.75. The predicted octanol–water partition coefficient (Wildman–Crippen LogP) is 1.26. The fraction of sp³-hybridized carbons (Fsp3) is 0.353. The van der Waals surface area contributed by atoms with Gasteiger partial charge in [-0.25, -0.2) is 14.8 Å². The topological polar surface area (TPSA) is 110 Å². The molecule has 2 aromatic heterocycles. The third kappa shape index (κ3) is 3.88. The first-order valence-corrected chi connectivity index (χ1v) is 7.95. The molecule has 0 atom stereocenters. The molecule has 0 saturated carbocycles. The molecule has 138 valence electrons. The van der Waals surface area contributed by atoms with Crippen LogP contribution in [0.4, 0.5) is 0 Å². The molecule has 0 fully saturated rings. The van der Waals surface area contributed by atoms with Gasteiger partial charge in [-0.2, -0.15) is 0 Å². The quantitative estimate of drug-likeness (QED) is 0.412. The Morgan fingerprint density at radius 2 is 1.62 bits per heavy atom. The third-order valence-corrected chi connectivity index (χ3v) is 3.40. The summed E-state index contributed by atoms with van der Waals surface area (Å²) in [6.07, 6.45) is 2.94. The highest BCUT2D eigenvalue weighted by Crippen LogP contribution is 2.25. The Kier molecular flexibility index (Phi) is 6.42. The third-order valence-electron chi connectivity index (χ3n) is 3.40. The highest BCUT2D eigenvalue weighted by atomic mass is 16.6. The smallest absolute Gasteiger partial charge is 0.355 e. The summed E-state index contributed by atoms with van der Waals surface area (Å²) in [5, 5.41) is 0. The van der Waals surface area contributed by atoms with Gasteiger partial charge in [0.1, 0.15) is 5.69 Å². The number of hydrogen-bond acceptors (Lipinski definition) is 8. The van der Waals surface area contributed by atoms with Crippen molar-refractivity contribution < 1.29 is 28.6 Å². The van der Waals surface area contributed by atoms with Crippen LogP contribution in [0, 0.1) is 0 Å². The number of hydrogen-bond donors (Lipinski definition) is 0. The standard InChI is InChI=1S/C17H19N3O6/c1-4-25-15(22)13(16(23)26-5-2)11-7-8-12(14(21)24-3)20(11)17-18-9-6-10-19-17/h6-10,13H,4-5H2,1-3H3. The molecule has 0 bridgehead atoms. The highest BCUT2D eigenvalue weighted by Gasteiger charge is 2.36. The molecule has 9 nitrogen and oxygen atoms in total. The van der Waals surface area contributed by atoms with E-state index in [1.54, 1.807) is 19.9 Å². The number of ether oxygens (including phenoxy) is 3. The number of esters is 3. The molecule has 2 heterocycles. The van der Waals surface area contributed by atoms with Gasteiger partial charge in [0.2, 0.25) is 5.95 Å². The van der Waals surface area contributed by atoms with Gasteiger partial charge in [-0.05, 0) is 32.0 Å². The maximum Gasteiger partial charge on any atom is 0.355 e. The molecule has 2 aromatic rings. The average molecular weight is 361 g/mol. The molecule has 0 spiro atoms. The molecule has 0 amide bonds. The summed E-state index contributed by atoms with van der Waals surface area (Å²) in [5.74, 6) is -3.55. The first kappa shape index (κ1) is 19.1. The second-order valence-electron chi connectivity index (χ2n) is 4.96. The molecule has 2 rings (SSSR count). The first-order valence-electron chi connectivity index (χ1n) is 7.95. The zero-order chi connectivity index (χ0) is 19.1. The van der Waals surface area contributed by atoms with E-state index in [-0.39, 0.29) is 30.5 Å². The molecule has 0 aliphatic heterocycles. The minimum absolute atomic E-state index is 0.0623. The van der Waals surface area contributed by atoms with Crippen LogP contribution in [-0.4, -0.2) is 52.8 Å². The van der Waals surface area contributed by atoms with Gasteiger partial charge >= 0.3 is 17.9 Å². The SMILES string of the molecule is CCOC(=O)C(C(=O)OCC)c1ccc(C(=O)OC)n1-c1ncccn1. The van der Waals surface area contributed by atoms with Crippen LogP contribution >= 0.6 is 0 Å². The zero-order valence-corrected chi connectivity index (χ0v) is 14.7. The number of rotatable bonds is 7. The van der Waals surface area contributed by atoms with Gasteiger partial charge in [-0.3, -0.25) is 14.2 Å². The highest BCUT2D eigenvalue weighted by molar-refractivity contribution is 6.01. The van der Waals surface area contributed by atoms with Crippen molar-refractivity contribution in [1.82, 2.24) is 14.5 Å². The number of aromatic nitrogens is 3. The Balaban J connectivity index is 2.65. The van der Waals surface area contributed by atoms with Crippen LogP contribution in [0.5, 0.6) is 0 Å². The summed E-state index contributed by atoms with van der Waals surface area (Å²) < 4.78 is 16.0. The van der Waals surface area contributed by atoms with Gasteiger partial charge in [0.25, 0.3) is 0 Å². The normalized spacial score (nSPS) is 10.5. The molecule has 9 heteroatoms. The maximum atomic E-state index is 12.4. The van der Waals surface area contributed by atoms with Crippen molar-refractivity contribution >= 4 is 17.9 Å². The fourth-order valence-electron chi connectivity index (χ4n) is 2.36. The van der Waals surface area contributed by atoms with Crippen molar-refractivity contribution in [3.63, 3.8) is 0 Å². The molecule has 0 saturated heterocycles. The molecular weight excluding hydrogens is 342 g/mol. The van der Waals surface area contributed by atoms with E-state index in [2.05, 4.69) is 9.97 Å². The fourth-order valence-corrected chi connectivity index (χ4v) is 2.36. The lowest BCUT2D eigenvalue weighted by atomic mass is 10.1. The van der Waals surface area contributed by atoms with Crippen LogP contribution in [0.25, 0.3) is 5.95 Å². The van der Waals surface area contributed by atoms with Crippen molar-refractivity contribution in [3.8, 4) is 5.95 Å². The van der Waals surface area contributed by atoms with Gasteiger partial charge in [-0.15, -0.1) is 0 Å². The number of methoxy groups -OCH3 is 1. The van der Waals surface area contributed by atoms with Crippen LogP contribution in [0.3, 0.4) is 0 Å². The number of nitrogens with zero attached hydrogens (tertiary/aromatic N) is 3. The van der Waals surface area contributed by atoms with Crippen molar-refractivity contribution in [2.45, 2.75) is 19.8 Å². The summed E-state index contributed by atoms with van der Waals surface area (Å²) in [6.45, 7) is 3.42. The van der Waals surface area contributed by atoms with E-state index in [0.29, 0.717) is 0 Å². The van der Waals surface area contributed by atoms with E-state index in [0.717, 1.165) is 0 Å². The lowest BCUT2D eigenvalue weighted by Gasteiger charge is -2.17. The lowest BCUT2D eigenvalue weighted by molar-refractivity contribution is -0.157. The monoisotopic (exact) mass is 361 g/mol. The molecule has 0 unspecified atom stereocenters. The molecule has 26 heavy (non-hydrogen) atoms. The van der Waals surface area contributed by atoms with Crippen molar-refractivity contribution in [2.24, 2.45) is 0 Å². The molecule has 0 radical (unpaired) electrons. The Morgan fingerprint density at radius 1 is 1.04 bits per heavy atom. The van der Waals surface area contributed by atoms with Gasteiger partial charge in [-0.1, -0.05) is 0 Å². The summed E-state index contributed by atoms with van der Waals surface area (Å²) in [7, 11) is 1.22. The van der Waals surface area contributed by atoms with Crippen LogP contribution < -0.4 is 0 Å². The largest absolute Gasteiger partial charge is 0.465 e. The van der Waals surface area contributed by atoms with Gasteiger partial charge in [0, 0.05) is 12.4 Å². The van der Waals surface area contributed by atoms with E-state index < -0.39 is 23.8 Å². The Labute approximate surface area is 149 Å². The maximum absolute atomic E-state index is 12.4. The summed E-state index contributed by atoms with van der Waals surface area (Å²) in [4.78, 5) is 45.1. The molecule has 0 N–H and O–H groups in total. The first-order chi connectivity index (χ1) is 12.5. The minimum Gasteiger partial charge on any atom is -0.465 e. The Hall–Kier alpha value is -3.23. The van der Waals surface area contributed by atoms with E-state index in [9.17, 15) is 14.4 Å². The van der Waals surface area contributed by atoms with E-state index in [1.165, 1.54) is 36.2 Å². The predicted molar refractivity (Wildman–Crippen MR) is 88.7 cm³/mol. The van der Waals surface area contributed by atoms with E-state index in [1.807, 2.05) is 0 Å². The summed E-state index contributed by atoms with van der Waals surface area (Å²) >= 11 is 0.